The number of carbonyl (C=O) groups excluding carboxylic acids is 2. The van der Waals surface area contributed by atoms with Gasteiger partial charge in [-0.3, -0.25) is 9.59 Å². The first-order valence-electron chi connectivity index (χ1n) is 7.72. The number of carbonyl (C=O) groups is 2. The molecule has 24 heavy (non-hydrogen) atoms. The molecule has 0 atom stereocenters. The Morgan fingerprint density at radius 2 is 2.08 bits per heavy atom. The van der Waals surface area contributed by atoms with Gasteiger partial charge in [0.25, 0.3) is 5.56 Å². The van der Waals surface area contributed by atoms with Crippen molar-refractivity contribution in [2.75, 3.05) is 6.61 Å². The summed E-state index contributed by atoms with van der Waals surface area (Å²) in [6.45, 7) is 2.09. The predicted octanol–water partition coefficient (Wildman–Crippen LogP) is 2.34. The van der Waals surface area contributed by atoms with E-state index < -0.39 is 11.8 Å². The molecule has 1 aliphatic rings. The number of fused-ring (bicyclic) bond motifs is 1. The summed E-state index contributed by atoms with van der Waals surface area (Å²) in [5.74, 6) is -1.26. The van der Waals surface area contributed by atoms with Crippen LogP contribution in [0.5, 0.6) is 0 Å². The number of ether oxygens (including phenoxy) is 1. The third-order valence-electron chi connectivity index (χ3n) is 3.97. The number of hydrogen-bond donors (Lipinski definition) is 0. The van der Waals surface area contributed by atoms with E-state index in [0.717, 1.165) is 0 Å². The van der Waals surface area contributed by atoms with Crippen LogP contribution in [0.4, 0.5) is 4.39 Å². The Bertz CT molecular complexity index is 885. The maximum absolute atomic E-state index is 13.3. The summed E-state index contributed by atoms with van der Waals surface area (Å²) >= 11 is 0. The van der Waals surface area contributed by atoms with E-state index in [2.05, 4.69) is 0 Å². The molecule has 0 bridgehead atoms. The van der Waals surface area contributed by atoms with Gasteiger partial charge >= 0.3 is 5.97 Å². The lowest BCUT2D eigenvalue weighted by atomic mass is 10.0. The van der Waals surface area contributed by atoms with Crippen molar-refractivity contribution in [3.05, 3.63) is 68.9 Å². The van der Waals surface area contributed by atoms with E-state index in [1.54, 1.807) is 19.1 Å². The van der Waals surface area contributed by atoms with Crippen LogP contribution in [0.2, 0.25) is 0 Å². The molecule has 0 N–H and O–H groups in total. The van der Waals surface area contributed by atoms with E-state index in [1.165, 1.54) is 22.8 Å². The van der Waals surface area contributed by atoms with Crippen LogP contribution in [0.25, 0.3) is 0 Å². The van der Waals surface area contributed by atoms with Crippen LogP contribution in [0.1, 0.15) is 45.3 Å². The van der Waals surface area contributed by atoms with Gasteiger partial charge in [0, 0.05) is 24.9 Å². The summed E-state index contributed by atoms with van der Waals surface area (Å²) in [5, 5.41) is 0. The maximum Gasteiger partial charge on any atom is 0.340 e. The fraction of sp³-hybridized carbons (Fsp3) is 0.278. The smallest absolute Gasteiger partial charge is 0.340 e. The Hall–Kier alpha value is -2.76. The molecule has 1 aromatic heterocycles. The molecule has 0 radical (unpaired) electrons. The second-order valence-electron chi connectivity index (χ2n) is 5.59. The van der Waals surface area contributed by atoms with Gasteiger partial charge in [0.15, 0.2) is 5.78 Å². The summed E-state index contributed by atoms with van der Waals surface area (Å²) in [5.41, 5.74) is 0.842. The highest BCUT2D eigenvalue weighted by atomic mass is 19.1. The number of aromatic nitrogens is 1. The molecule has 2 heterocycles. The number of benzene rings is 1. The van der Waals surface area contributed by atoms with Crippen LogP contribution < -0.4 is 5.56 Å². The highest BCUT2D eigenvalue weighted by molar-refractivity contribution is 6.06. The van der Waals surface area contributed by atoms with Gasteiger partial charge in [-0.15, -0.1) is 0 Å². The van der Waals surface area contributed by atoms with Crippen LogP contribution in [0.15, 0.2) is 35.1 Å². The molecule has 0 aliphatic carbocycles. The lowest BCUT2D eigenvalue weighted by molar-refractivity contribution is 0.0522. The molecule has 0 amide bonds. The highest BCUT2D eigenvalue weighted by Crippen LogP contribution is 2.20. The zero-order valence-corrected chi connectivity index (χ0v) is 13.2. The molecule has 0 unspecified atom stereocenters. The Labute approximate surface area is 137 Å². The summed E-state index contributed by atoms with van der Waals surface area (Å²) < 4.78 is 19.7. The van der Waals surface area contributed by atoms with Crippen LogP contribution in [0, 0.1) is 5.82 Å². The molecule has 0 saturated heterocycles. The van der Waals surface area contributed by atoms with Crippen molar-refractivity contribution in [1.29, 1.82) is 0 Å². The molecule has 1 aromatic carbocycles. The highest BCUT2D eigenvalue weighted by Gasteiger charge is 2.29. The number of nitrogens with zero attached hydrogens (tertiary/aromatic N) is 1. The molecule has 0 fully saturated rings. The van der Waals surface area contributed by atoms with E-state index >= 15 is 0 Å². The van der Waals surface area contributed by atoms with Crippen molar-refractivity contribution in [3.63, 3.8) is 0 Å². The summed E-state index contributed by atoms with van der Waals surface area (Å²) in [6.07, 6.45) is 0.364. The lowest BCUT2D eigenvalue weighted by Gasteiger charge is -2.11. The van der Waals surface area contributed by atoms with E-state index in [1.807, 2.05) is 0 Å². The van der Waals surface area contributed by atoms with Crippen molar-refractivity contribution >= 4 is 11.8 Å². The van der Waals surface area contributed by atoms with Crippen molar-refractivity contribution in [1.82, 2.24) is 4.57 Å². The van der Waals surface area contributed by atoms with E-state index in [9.17, 15) is 18.8 Å². The van der Waals surface area contributed by atoms with Crippen LogP contribution in [-0.4, -0.2) is 22.9 Å². The Balaban J connectivity index is 2.11. The van der Waals surface area contributed by atoms with Crippen molar-refractivity contribution in [2.24, 2.45) is 0 Å². The first kappa shape index (κ1) is 16.1. The predicted molar refractivity (Wildman–Crippen MR) is 84.8 cm³/mol. The largest absolute Gasteiger partial charge is 0.462 e. The molecule has 5 nitrogen and oxygen atoms in total. The first-order valence-corrected chi connectivity index (χ1v) is 7.72. The standard InChI is InChI=1S/C18H16FNO4/c1-2-24-18(23)14-10-12(8-11-4-3-5-13(19)9-11)17(22)20-7-6-15(21)16(14)20/h3-5,9-10H,2,6-8H2,1H3. The van der Waals surface area contributed by atoms with Crippen molar-refractivity contribution < 1.29 is 18.7 Å². The Morgan fingerprint density at radius 3 is 2.79 bits per heavy atom. The minimum atomic E-state index is -0.628. The number of pyridine rings is 1. The number of Topliss-reactive ketones (excluding diaryl/α,β-unsaturated/α-hetero) is 1. The summed E-state index contributed by atoms with van der Waals surface area (Å²) in [7, 11) is 0. The van der Waals surface area contributed by atoms with Gasteiger partial charge in [-0.1, -0.05) is 12.1 Å². The number of esters is 1. The van der Waals surface area contributed by atoms with E-state index in [0.29, 0.717) is 11.1 Å². The molecule has 3 rings (SSSR count). The molecule has 2 aromatic rings. The van der Waals surface area contributed by atoms with E-state index in [-0.39, 0.29) is 48.6 Å². The molecule has 6 heteroatoms. The van der Waals surface area contributed by atoms with E-state index in [4.69, 9.17) is 4.74 Å². The van der Waals surface area contributed by atoms with Gasteiger partial charge in [-0.05, 0) is 30.7 Å². The molecular formula is C18H16FNO4. The van der Waals surface area contributed by atoms with Gasteiger partial charge in [-0.2, -0.15) is 0 Å². The minimum absolute atomic E-state index is 0.102. The third-order valence-corrected chi connectivity index (χ3v) is 3.97. The summed E-state index contributed by atoms with van der Waals surface area (Å²) in [4.78, 5) is 36.8. The maximum atomic E-state index is 13.3. The second-order valence-corrected chi connectivity index (χ2v) is 5.59. The molecular weight excluding hydrogens is 313 g/mol. The first-order chi connectivity index (χ1) is 11.5. The quantitative estimate of drug-likeness (QED) is 0.808. The lowest BCUT2D eigenvalue weighted by Crippen LogP contribution is -2.27. The second kappa shape index (κ2) is 6.39. The molecule has 124 valence electrons. The number of rotatable bonds is 4. The monoisotopic (exact) mass is 329 g/mol. The zero-order chi connectivity index (χ0) is 17.3. The normalized spacial score (nSPS) is 13.0. The molecule has 0 saturated carbocycles. The number of ketones is 1. The van der Waals surface area contributed by atoms with Crippen LogP contribution in [0.3, 0.4) is 0 Å². The third kappa shape index (κ3) is 2.87. The Kier molecular flexibility index (Phi) is 4.29. The van der Waals surface area contributed by atoms with Crippen molar-refractivity contribution in [3.8, 4) is 0 Å². The fourth-order valence-electron chi connectivity index (χ4n) is 2.93. The zero-order valence-electron chi connectivity index (χ0n) is 13.2. The van der Waals surface area contributed by atoms with Gasteiger partial charge in [0.2, 0.25) is 0 Å². The minimum Gasteiger partial charge on any atom is -0.462 e. The summed E-state index contributed by atoms with van der Waals surface area (Å²) in [6, 6.07) is 7.33. The number of halogens is 1. The average Bonchev–Trinajstić information content (AvgIpc) is 2.93. The Morgan fingerprint density at radius 1 is 1.29 bits per heavy atom. The average molecular weight is 329 g/mol. The SMILES string of the molecule is CCOC(=O)c1cc(Cc2cccc(F)c2)c(=O)n2c1C(=O)CC2. The number of hydrogen-bond acceptors (Lipinski definition) is 4. The van der Waals surface area contributed by atoms with Crippen LogP contribution in [-0.2, 0) is 17.7 Å². The molecule has 1 aliphatic heterocycles. The van der Waals surface area contributed by atoms with Gasteiger partial charge < -0.3 is 9.30 Å². The van der Waals surface area contributed by atoms with Crippen molar-refractivity contribution in [2.45, 2.75) is 26.3 Å². The van der Waals surface area contributed by atoms with Gasteiger partial charge in [-0.25, -0.2) is 9.18 Å². The fourth-order valence-corrected chi connectivity index (χ4v) is 2.93. The van der Waals surface area contributed by atoms with Gasteiger partial charge in [0.05, 0.1) is 12.2 Å². The topological polar surface area (TPSA) is 65.4 Å². The molecule has 0 spiro atoms. The van der Waals surface area contributed by atoms with Crippen LogP contribution >= 0.6 is 0 Å². The van der Waals surface area contributed by atoms with Gasteiger partial charge in [0.1, 0.15) is 11.5 Å².